The van der Waals surface area contributed by atoms with E-state index in [1.807, 2.05) is 0 Å². The van der Waals surface area contributed by atoms with Crippen LogP contribution in [0.2, 0.25) is 0 Å². The van der Waals surface area contributed by atoms with Crippen molar-refractivity contribution in [1.29, 1.82) is 0 Å². The average Bonchev–Trinajstić information content (AvgIpc) is 2.46. The first kappa shape index (κ1) is 14.9. The molecule has 6 heteroatoms. The number of halogens is 2. The molecular weight excluding hydrogens is 280 g/mol. The van der Waals surface area contributed by atoms with E-state index in [4.69, 9.17) is 4.74 Å². The van der Waals surface area contributed by atoms with Crippen molar-refractivity contribution in [3.05, 3.63) is 47.3 Å². The van der Waals surface area contributed by atoms with Gasteiger partial charge >= 0.3 is 5.97 Å². The number of carboxylic acids is 1. The zero-order valence-electron chi connectivity index (χ0n) is 11.4. The maximum atomic E-state index is 12.8. The summed E-state index contributed by atoms with van der Waals surface area (Å²) in [6, 6.07) is 5.87. The van der Waals surface area contributed by atoms with Crippen molar-refractivity contribution in [1.82, 2.24) is 4.98 Å². The van der Waals surface area contributed by atoms with Gasteiger partial charge < -0.3 is 9.84 Å². The first-order valence-electron chi connectivity index (χ1n) is 6.10. The molecule has 2 aromatic rings. The van der Waals surface area contributed by atoms with Gasteiger partial charge in [0.2, 0.25) is 0 Å². The van der Waals surface area contributed by atoms with Crippen LogP contribution in [0.1, 0.15) is 28.0 Å². The quantitative estimate of drug-likeness (QED) is 0.933. The molecule has 1 aromatic heterocycles. The number of hydrogen-bond donors (Lipinski definition) is 1. The Labute approximate surface area is 120 Å². The molecule has 0 aliphatic carbocycles. The topological polar surface area (TPSA) is 59.4 Å². The summed E-state index contributed by atoms with van der Waals surface area (Å²) in [5, 5.41) is 9.26. The standard InChI is InChI=1S/C15H13F2NO3/c1-8-3-4-9(15(19)20)10(5-8)11-6-12(14(16)17)18-7-13(11)21-2/h3-7,14H,1-2H3,(H,19,20). The number of nitrogens with zero attached hydrogens (tertiary/aromatic N) is 1. The summed E-state index contributed by atoms with van der Waals surface area (Å²) in [5.74, 6) is -0.894. The molecule has 0 unspecified atom stereocenters. The van der Waals surface area contributed by atoms with Crippen LogP contribution >= 0.6 is 0 Å². The van der Waals surface area contributed by atoms with Crippen molar-refractivity contribution in [2.45, 2.75) is 13.3 Å². The number of aryl methyl sites for hydroxylation is 1. The number of rotatable bonds is 4. The third-order valence-electron chi connectivity index (χ3n) is 3.03. The Bertz CT molecular complexity index is 687. The lowest BCUT2D eigenvalue weighted by molar-refractivity contribution is 0.0697. The van der Waals surface area contributed by atoms with Gasteiger partial charge in [0.05, 0.1) is 18.9 Å². The van der Waals surface area contributed by atoms with Crippen LogP contribution in [-0.2, 0) is 0 Å². The third-order valence-corrected chi connectivity index (χ3v) is 3.03. The molecule has 21 heavy (non-hydrogen) atoms. The van der Waals surface area contributed by atoms with Crippen LogP contribution in [0.15, 0.2) is 30.5 Å². The van der Waals surface area contributed by atoms with E-state index in [0.29, 0.717) is 5.56 Å². The number of aromatic carboxylic acids is 1. The summed E-state index contributed by atoms with van der Waals surface area (Å²) >= 11 is 0. The highest BCUT2D eigenvalue weighted by Crippen LogP contribution is 2.35. The minimum absolute atomic E-state index is 0.0188. The normalized spacial score (nSPS) is 10.7. The fraction of sp³-hybridized carbons (Fsp3) is 0.200. The van der Waals surface area contributed by atoms with E-state index < -0.39 is 18.1 Å². The summed E-state index contributed by atoms with van der Waals surface area (Å²) in [4.78, 5) is 14.9. The Hall–Kier alpha value is -2.50. The van der Waals surface area contributed by atoms with Gasteiger partial charge in [-0.05, 0) is 19.1 Å². The zero-order valence-corrected chi connectivity index (χ0v) is 11.4. The smallest absolute Gasteiger partial charge is 0.336 e. The molecule has 0 spiro atoms. The van der Waals surface area contributed by atoms with Gasteiger partial charge in [-0.2, -0.15) is 0 Å². The van der Waals surface area contributed by atoms with Gasteiger partial charge in [0, 0.05) is 11.1 Å². The van der Waals surface area contributed by atoms with E-state index >= 15 is 0 Å². The number of hydrogen-bond acceptors (Lipinski definition) is 3. The Kier molecular flexibility index (Phi) is 4.16. The summed E-state index contributed by atoms with van der Waals surface area (Å²) in [7, 11) is 1.37. The number of methoxy groups -OCH3 is 1. The highest BCUT2D eigenvalue weighted by atomic mass is 19.3. The Morgan fingerprint density at radius 1 is 1.29 bits per heavy atom. The van der Waals surface area contributed by atoms with E-state index in [0.717, 1.165) is 11.6 Å². The zero-order chi connectivity index (χ0) is 15.6. The average molecular weight is 293 g/mol. The fourth-order valence-electron chi connectivity index (χ4n) is 2.02. The molecule has 0 aliphatic rings. The van der Waals surface area contributed by atoms with Crippen LogP contribution in [0.5, 0.6) is 5.75 Å². The van der Waals surface area contributed by atoms with E-state index in [9.17, 15) is 18.7 Å². The molecule has 110 valence electrons. The molecular formula is C15H13F2NO3. The summed E-state index contributed by atoms with van der Waals surface area (Å²) < 4.78 is 30.7. The molecule has 0 radical (unpaired) electrons. The van der Waals surface area contributed by atoms with Crippen molar-refractivity contribution in [2.75, 3.05) is 7.11 Å². The van der Waals surface area contributed by atoms with Gasteiger partial charge in [0.1, 0.15) is 11.4 Å². The van der Waals surface area contributed by atoms with E-state index in [1.165, 1.54) is 19.4 Å². The fourth-order valence-corrected chi connectivity index (χ4v) is 2.02. The van der Waals surface area contributed by atoms with E-state index in [1.54, 1.807) is 19.1 Å². The molecule has 1 N–H and O–H groups in total. The van der Waals surface area contributed by atoms with Gasteiger partial charge in [0.25, 0.3) is 6.43 Å². The minimum Gasteiger partial charge on any atom is -0.494 e. The van der Waals surface area contributed by atoms with E-state index in [2.05, 4.69) is 4.98 Å². The third kappa shape index (κ3) is 2.99. The van der Waals surface area contributed by atoms with Gasteiger partial charge in [-0.25, -0.2) is 13.6 Å². The highest BCUT2D eigenvalue weighted by Gasteiger charge is 2.19. The highest BCUT2D eigenvalue weighted by molar-refractivity contribution is 5.97. The lowest BCUT2D eigenvalue weighted by atomic mass is 9.97. The molecule has 4 nitrogen and oxygen atoms in total. The summed E-state index contributed by atoms with van der Waals surface area (Å²) in [5.41, 5.74) is 1.01. The molecule has 0 fully saturated rings. The number of ether oxygens (including phenoxy) is 1. The number of alkyl halides is 2. The van der Waals surface area contributed by atoms with Gasteiger partial charge in [-0.3, -0.25) is 4.98 Å². The van der Waals surface area contributed by atoms with Crippen LogP contribution in [0.3, 0.4) is 0 Å². The Morgan fingerprint density at radius 3 is 2.57 bits per heavy atom. The maximum absolute atomic E-state index is 12.8. The monoisotopic (exact) mass is 293 g/mol. The van der Waals surface area contributed by atoms with Crippen molar-refractivity contribution >= 4 is 5.97 Å². The van der Waals surface area contributed by atoms with Gasteiger partial charge in [0.15, 0.2) is 0 Å². The van der Waals surface area contributed by atoms with Crippen LogP contribution < -0.4 is 4.74 Å². The Morgan fingerprint density at radius 2 is 2.00 bits per heavy atom. The maximum Gasteiger partial charge on any atom is 0.336 e. The van der Waals surface area contributed by atoms with Crippen LogP contribution in [0.25, 0.3) is 11.1 Å². The molecule has 0 saturated carbocycles. The predicted molar refractivity (Wildman–Crippen MR) is 72.9 cm³/mol. The number of carboxylic acid groups (broad SMARTS) is 1. The Balaban J connectivity index is 2.73. The predicted octanol–water partition coefficient (Wildman–Crippen LogP) is 3.70. The number of carbonyl (C=O) groups is 1. The molecule has 1 aromatic carbocycles. The number of aromatic nitrogens is 1. The molecule has 0 aliphatic heterocycles. The van der Waals surface area contributed by atoms with Crippen molar-refractivity contribution in [3.8, 4) is 16.9 Å². The number of pyridine rings is 1. The lowest BCUT2D eigenvalue weighted by Crippen LogP contribution is -2.02. The molecule has 0 atom stereocenters. The second-order valence-electron chi connectivity index (χ2n) is 4.46. The first-order valence-corrected chi connectivity index (χ1v) is 6.10. The first-order chi connectivity index (χ1) is 9.93. The van der Waals surface area contributed by atoms with Gasteiger partial charge in [-0.15, -0.1) is 0 Å². The van der Waals surface area contributed by atoms with E-state index in [-0.39, 0.29) is 16.9 Å². The lowest BCUT2D eigenvalue weighted by Gasteiger charge is -2.13. The largest absolute Gasteiger partial charge is 0.494 e. The second kappa shape index (κ2) is 5.87. The van der Waals surface area contributed by atoms with Crippen molar-refractivity contribution in [3.63, 3.8) is 0 Å². The SMILES string of the molecule is COc1cnc(C(F)F)cc1-c1cc(C)ccc1C(=O)O. The van der Waals surface area contributed by atoms with Crippen molar-refractivity contribution in [2.24, 2.45) is 0 Å². The second-order valence-corrected chi connectivity index (χ2v) is 4.46. The molecule has 0 saturated heterocycles. The molecule has 0 amide bonds. The summed E-state index contributed by atoms with van der Waals surface area (Å²) in [6.07, 6.45) is -1.57. The van der Waals surface area contributed by atoms with Crippen molar-refractivity contribution < 1.29 is 23.4 Å². The molecule has 1 heterocycles. The molecule has 0 bridgehead atoms. The van der Waals surface area contributed by atoms with Crippen LogP contribution in [-0.4, -0.2) is 23.2 Å². The van der Waals surface area contributed by atoms with Crippen LogP contribution in [0, 0.1) is 6.92 Å². The van der Waals surface area contributed by atoms with Crippen LogP contribution in [0.4, 0.5) is 8.78 Å². The molecule has 2 rings (SSSR count). The summed E-state index contributed by atoms with van der Waals surface area (Å²) in [6.45, 7) is 1.79. The minimum atomic E-state index is -2.74. The van der Waals surface area contributed by atoms with Gasteiger partial charge in [-0.1, -0.05) is 17.7 Å². The number of benzene rings is 1.